The summed E-state index contributed by atoms with van der Waals surface area (Å²) in [4.78, 5) is 39.0. The Bertz CT molecular complexity index is 486. The number of carbonyl (C=O) groups excluding carboxylic acids is 3. The maximum absolute atomic E-state index is 12.5. The van der Waals surface area contributed by atoms with Crippen LogP contribution in [-0.4, -0.2) is 54.7 Å². The van der Waals surface area contributed by atoms with E-state index in [1.807, 2.05) is 11.9 Å². The summed E-state index contributed by atoms with van der Waals surface area (Å²) in [7, 11) is 1.92. The first-order chi connectivity index (χ1) is 11.5. The summed E-state index contributed by atoms with van der Waals surface area (Å²) < 4.78 is 0. The van der Waals surface area contributed by atoms with E-state index in [4.69, 9.17) is 0 Å². The van der Waals surface area contributed by atoms with Gasteiger partial charge in [0.25, 0.3) is 5.91 Å². The van der Waals surface area contributed by atoms with E-state index in [-0.39, 0.29) is 18.5 Å². The summed E-state index contributed by atoms with van der Waals surface area (Å²) in [6.45, 7) is 4.67. The highest BCUT2D eigenvalue weighted by atomic mass is 16.2. The lowest BCUT2D eigenvalue weighted by atomic mass is 9.95. The number of hydrogen-bond donors (Lipinski definition) is 2. The number of Topliss-reactive ketones (excluding diaryl/α,β-unsaturated/α-hetero) is 1. The smallest absolute Gasteiger partial charge is 0.289 e. The molecule has 1 heterocycles. The predicted molar refractivity (Wildman–Crippen MR) is 92.4 cm³/mol. The summed E-state index contributed by atoms with van der Waals surface area (Å²) in [5.41, 5.74) is 0. The number of amides is 2. The molecule has 6 heteroatoms. The van der Waals surface area contributed by atoms with E-state index >= 15 is 0 Å². The fourth-order valence-electron chi connectivity index (χ4n) is 3.73. The van der Waals surface area contributed by atoms with E-state index in [2.05, 4.69) is 17.2 Å². The minimum absolute atomic E-state index is 0.136. The first-order valence-electron chi connectivity index (χ1n) is 8.96. The first kappa shape index (κ1) is 18.6. The van der Waals surface area contributed by atoms with E-state index in [0.29, 0.717) is 12.3 Å². The second kappa shape index (κ2) is 8.97. The molecule has 1 aliphatic carbocycles. The monoisotopic (exact) mass is 335 g/mol. The third-order valence-corrected chi connectivity index (χ3v) is 5.13. The van der Waals surface area contributed by atoms with Gasteiger partial charge in [-0.05, 0) is 38.8 Å². The normalized spacial score (nSPS) is 23.0. The number of carbonyl (C=O) groups is 3. The van der Waals surface area contributed by atoms with Crippen molar-refractivity contribution in [3.05, 3.63) is 12.7 Å². The molecule has 0 radical (unpaired) electrons. The van der Waals surface area contributed by atoms with E-state index in [9.17, 15) is 14.4 Å². The molecule has 2 N–H and O–H groups in total. The van der Waals surface area contributed by atoms with Crippen LogP contribution in [0.4, 0.5) is 0 Å². The van der Waals surface area contributed by atoms with Crippen molar-refractivity contribution in [1.29, 1.82) is 0 Å². The fraction of sp³-hybridized carbons (Fsp3) is 0.722. The van der Waals surface area contributed by atoms with Gasteiger partial charge in [0.1, 0.15) is 0 Å². The molecule has 2 atom stereocenters. The standard InChI is InChI=1S/C18H29N3O3/c1-3-10-19-18(24)16(22)14(12-13-7-4-5-8-13)20-17(23)15-9-6-11-21(15)2/h3,13-15H,1,4-12H2,2H3,(H,19,24)(H,20,23). The molecule has 2 amide bonds. The van der Waals surface area contributed by atoms with Crippen LogP contribution in [0.25, 0.3) is 0 Å². The van der Waals surface area contributed by atoms with Crippen LogP contribution in [0.2, 0.25) is 0 Å². The number of ketones is 1. The molecule has 0 aromatic rings. The van der Waals surface area contributed by atoms with Gasteiger partial charge in [0, 0.05) is 6.54 Å². The highest BCUT2D eigenvalue weighted by Gasteiger charge is 2.34. The fourth-order valence-corrected chi connectivity index (χ4v) is 3.73. The zero-order valence-corrected chi connectivity index (χ0v) is 14.6. The molecule has 2 aliphatic rings. The van der Waals surface area contributed by atoms with E-state index in [1.165, 1.54) is 6.08 Å². The van der Waals surface area contributed by atoms with Gasteiger partial charge in [-0.25, -0.2) is 0 Å². The van der Waals surface area contributed by atoms with Crippen LogP contribution < -0.4 is 10.6 Å². The Balaban J connectivity index is 2.00. The van der Waals surface area contributed by atoms with Crippen LogP contribution in [-0.2, 0) is 14.4 Å². The van der Waals surface area contributed by atoms with Crippen molar-refractivity contribution >= 4 is 17.6 Å². The third kappa shape index (κ3) is 4.90. The summed E-state index contributed by atoms with van der Waals surface area (Å²) >= 11 is 0. The minimum atomic E-state index is -0.723. The number of rotatable bonds is 8. The van der Waals surface area contributed by atoms with Crippen LogP contribution in [0, 0.1) is 5.92 Å². The quantitative estimate of drug-likeness (QED) is 0.513. The topological polar surface area (TPSA) is 78.5 Å². The SMILES string of the molecule is C=CCNC(=O)C(=O)C(CC1CCCC1)NC(=O)C1CCCN1C. The van der Waals surface area contributed by atoms with Gasteiger partial charge >= 0.3 is 0 Å². The maximum Gasteiger partial charge on any atom is 0.289 e. The number of hydrogen-bond acceptors (Lipinski definition) is 4. The van der Waals surface area contributed by atoms with Crippen molar-refractivity contribution in [3.8, 4) is 0 Å². The molecular weight excluding hydrogens is 306 g/mol. The van der Waals surface area contributed by atoms with Gasteiger partial charge in [-0.2, -0.15) is 0 Å². The zero-order chi connectivity index (χ0) is 17.5. The summed E-state index contributed by atoms with van der Waals surface area (Å²) in [6.07, 6.45) is 8.33. The Hall–Kier alpha value is -1.69. The summed E-state index contributed by atoms with van der Waals surface area (Å²) in [5, 5.41) is 5.38. The van der Waals surface area contributed by atoms with Crippen molar-refractivity contribution in [2.24, 2.45) is 5.92 Å². The highest BCUT2D eigenvalue weighted by molar-refractivity contribution is 6.38. The lowest BCUT2D eigenvalue weighted by Gasteiger charge is -2.24. The second-order valence-corrected chi connectivity index (χ2v) is 6.95. The molecule has 1 saturated heterocycles. The van der Waals surface area contributed by atoms with Gasteiger partial charge in [-0.1, -0.05) is 31.8 Å². The first-order valence-corrected chi connectivity index (χ1v) is 8.96. The molecular formula is C18H29N3O3. The molecule has 2 fully saturated rings. The second-order valence-electron chi connectivity index (χ2n) is 6.95. The van der Waals surface area contributed by atoms with Crippen molar-refractivity contribution in [3.63, 3.8) is 0 Å². The van der Waals surface area contributed by atoms with Crippen molar-refractivity contribution in [2.45, 2.75) is 57.0 Å². The largest absolute Gasteiger partial charge is 0.346 e. The molecule has 1 aliphatic heterocycles. The molecule has 0 aromatic carbocycles. The molecule has 2 unspecified atom stereocenters. The Morgan fingerprint density at radius 3 is 2.50 bits per heavy atom. The zero-order valence-electron chi connectivity index (χ0n) is 14.6. The molecule has 24 heavy (non-hydrogen) atoms. The Morgan fingerprint density at radius 1 is 1.21 bits per heavy atom. The van der Waals surface area contributed by atoms with Crippen molar-refractivity contribution in [2.75, 3.05) is 20.1 Å². The van der Waals surface area contributed by atoms with Crippen LogP contribution in [0.1, 0.15) is 44.9 Å². The Labute approximate surface area is 144 Å². The van der Waals surface area contributed by atoms with Crippen LogP contribution >= 0.6 is 0 Å². The lowest BCUT2D eigenvalue weighted by Crippen LogP contribution is -2.52. The van der Waals surface area contributed by atoms with Crippen LogP contribution in [0.3, 0.4) is 0 Å². The van der Waals surface area contributed by atoms with Gasteiger partial charge in [-0.3, -0.25) is 19.3 Å². The highest BCUT2D eigenvalue weighted by Crippen LogP contribution is 2.29. The number of likely N-dealkylation sites (tertiary alicyclic amines) is 1. The van der Waals surface area contributed by atoms with Gasteiger partial charge in [-0.15, -0.1) is 6.58 Å². The molecule has 0 bridgehead atoms. The van der Waals surface area contributed by atoms with Crippen molar-refractivity contribution < 1.29 is 14.4 Å². The number of nitrogens with zero attached hydrogens (tertiary/aromatic N) is 1. The van der Waals surface area contributed by atoms with Crippen LogP contribution in [0.5, 0.6) is 0 Å². The molecule has 0 aromatic heterocycles. The predicted octanol–water partition coefficient (Wildman–Crippen LogP) is 1.02. The maximum atomic E-state index is 12.5. The van der Waals surface area contributed by atoms with E-state index < -0.39 is 17.7 Å². The summed E-state index contributed by atoms with van der Waals surface area (Å²) in [6, 6.07) is -0.917. The molecule has 2 rings (SSSR count). The average Bonchev–Trinajstić information content (AvgIpc) is 3.22. The van der Waals surface area contributed by atoms with Gasteiger partial charge in [0.05, 0.1) is 12.1 Å². The number of likely N-dealkylation sites (N-methyl/N-ethyl adjacent to an activating group) is 1. The third-order valence-electron chi connectivity index (χ3n) is 5.13. The Morgan fingerprint density at radius 2 is 1.92 bits per heavy atom. The minimum Gasteiger partial charge on any atom is -0.346 e. The van der Waals surface area contributed by atoms with E-state index in [1.54, 1.807) is 0 Å². The molecule has 134 valence electrons. The average molecular weight is 335 g/mol. The van der Waals surface area contributed by atoms with Gasteiger partial charge in [0.15, 0.2) is 0 Å². The number of nitrogens with one attached hydrogen (secondary N) is 2. The summed E-state index contributed by atoms with van der Waals surface area (Å²) in [5.74, 6) is -0.911. The van der Waals surface area contributed by atoms with E-state index in [0.717, 1.165) is 45.1 Å². The van der Waals surface area contributed by atoms with Gasteiger partial charge in [0.2, 0.25) is 11.7 Å². The molecule has 6 nitrogen and oxygen atoms in total. The molecule has 0 spiro atoms. The molecule has 1 saturated carbocycles. The Kier molecular flexibility index (Phi) is 6.97. The van der Waals surface area contributed by atoms with Crippen molar-refractivity contribution in [1.82, 2.24) is 15.5 Å². The lowest BCUT2D eigenvalue weighted by molar-refractivity contribution is -0.140. The van der Waals surface area contributed by atoms with Crippen LogP contribution in [0.15, 0.2) is 12.7 Å². The van der Waals surface area contributed by atoms with Gasteiger partial charge < -0.3 is 10.6 Å².